The summed E-state index contributed by atoms with van der Waals surface area (Å²) in [5.74, 6) is -1.25. The van der Waals surface area contributed by atoms with Gasteiger partial charge >= 0.3 is 5.97 Å². The number of benzene rings is 1. The van der Waals surface area contributed by atoms with Crippen LogP contribution >= 0.6 is 11.8 Å². The molecule has 98 valence electrons. The average molecular weight is 267 g/mol. The van der Waals surface area contributed by atoms with Gasteiger partial charge in [0.15, 0.2) is 0 Å². The largest absolute Gasteiger partial charge is 0.480 e. The Morgan fingerprint density at radius 1 is 1.28 bits per heavy atom. The van der Waals surface area contributed by atoms with Crippen LogP contribution in [-0.4, -0.2) is 40.7 Å². The van der Waals surface area contributed by atoms with Crippen LogP contribution in [0.5, 0.6) is 0 Å². The van der Waals surface area contributed by atoms with Gasteiger partial charge in [-0.15, -0.1) is 11.8 Å². The Balaban J connectivity index is 2.90. The molecule has 0 spiro atoms. The Labute approximate surface area is 111 Å². The van der Waals surface area contributed by atoms with Crippen molar-refractivity contribution in [3.05, 3.63) is 29.8 Å². The van der Waals surface area contributed by atoms with E-state index >= 15 is 0 Å². The number of nitrogens with zero attached hydrogens (tertiary/aromatic N) is 1. The minimum Gasteiger partial charge on any atom is -0.480 e. The number of rotatable bonds is 5. The van der Waals surface area contributed by atoms with Crippen molar-refractivity contribution in [3.8, 4) is 0 Å². The Morgan fingerprint density at radius 2 is 1.83 bits per heavy atom. The van der Waals surface area contributed by atoms with Gasteiger partial charge in [0.2, 0.25) is 0 Å². The highest BCUT2D eigenvalue weighted by molar-refractivity contribution is 7.98. The fourth-order valence-electron chi connectivity index (χ4n) is 1.53. The SMILES string of the molecule is CSc1ccc(C(=O)N(CC(=O)O)C(C)C)cc1. The first-order valence-corrected chi connectivity index (χ1v) is 6.85. The van der Waals surface area contributed by atoms with E-state index in [2.05, 4.69) is 0 Å². The quantitative estimate of drug-likeness (QED) is 0.832. The fraction of sp³-hybridized carbons (Fsp3) is 0.385. The summed E-state index contributed by atoms with van der Waals surface area (Å²) in [5.41, 5.74) is 0.516. The fourth-order valence-corrected chi connectivity index (χ4v) is 1.94. The zero-order chi connectivity index (χ0) is 13.7. The van der Waals surface area contributed by atoms with E-state index in [1.807, 2.05) is 18.4 Å². The third-order valence-electron chi connectivity index (χ3n) is 2.53. The maximum atomic E-state index is 12.2. The third kappa shape index (κ3) is 3.77. The first-order chi connectivity index (χ1) is 8.45. The summed E-state index contributed by atoms with van der Waals surface area (Å²) in [6.45, 7) is 3.33. The molecule has 0 aromatic heterocycles. The van der Waals surface area contributed by atoms with Crippen LogP contribution in [0.25, 0.3) is 0 Å². The van der Waals surface area contributed by atoms with Crippen molar-refractivity contribution >= 4 is 23.6 Å². The number of thioether (sulfide) groups is 1. The van der Waals surface area contributed by atoms with Crippen molar-refractivity contribution in [2.24, 2.45) is 0 Å². The summed E-state index contributed by atoms with van der Waals surface area (Å²) < 4.78 is 0. The van der Waals surface area contributed by atoms with Gasteiger partial charge in [-0.25, -0.2) is 0 Å². The molecule has 4 nitrogen and oxygen atoms in total. The van der Waals surface area contributed by atoms with E-state index in [0.29, 0.717) is 5.56 Å². The second-order valence-corrected chi connectivity index (χ2v) is 5.03. The Morgan fingerprint density at radius 3 is 2.22 bits per heavy atom. The van der Waals surface area contributed by atoms with Gasteiger partial charge in [0.05, 0.1) is 0 Å². The molecule has 1 aromatic carbocycles. The van der Waals surface area contributed by atoms with Gasteiger partial charge in [-0.2, -0.15) is 0 Å². The molecule has 18 heavy (non-hydrogen) atoms. The highest BCUT2D eigenvalue weighted by Crippen LogP contribution is 2.16. The molecule has 0 radical (unpaired) electrons. The van der Waals surface area contributed by atoms with Crippen molar-refractivity contribution in [2.45, 2.75) is 24.8 Å². The Bertz CT molecular complexity index is 428. The summed E-state index contributed by atoms with van der Waals surface area (Å²) in [7, 11) is 0. The van der Waals surface area contributed by atoms with Crippen LogP contribution in [0, 0.1) is 0 Å². The molecule has 0 heterocycles. The summed E-state index contributed by atoms with van der Waals surface area (Å²) >= 11 is 1.60. The van der Waals surface area contributed by atoms with Crippen molar-refractivity contribution in [1.29, 1.82) is 0 Å². The lowest BCUT2D eigenvalue weighted by atomic mass is 10.1. The second kappa shape index (κ2) is 6.44. The predicted octanol–water partition coefficient (Wildman–Crippen LogP) is 2.34. The van der Waals surface area contributed by atoms with Crippen molar-refractivity contribution in [1.82, 2.24) is 4.90 Å². The van der Waals surface area contributed by atoms with E-state index in [-0.39, 0.29) is 18.5 Å². The van der Waals surface area contributed by atoms with Crippen LogP contribution in [0.2, 0.25) is 0 Å². The second-order valence-electron chi connectivity index (χ2n) is 4.15. The van der Waals surface area contributed by atoms with Crippen LogP contribution in [0.4, 0.5) is 0 Å². The molecule has 0 aliphatic rings. The number of hydrogen-bond donors (Lipinski definition) is 1. The maximum Gasteiger partial charge on any atom is 0.323 e. The van der Waals surface area contributed by atoms with Crippen LogP contribution in [0.3, 0.4) is 0 Å². The number of carboxylic acids is 1. The molecule has 1 rings (SSSR count). The summed E-state index contributed by atoms with van der Waals surface area (Å²) in [6, 6.07) is 7.03. The highest BCUT2D eigenvalue weighted by atomic mass is 32.2. The number of carbonyl (C=O) groups is 2. The maximum absolute atomic E-state index is 12.2. The van der Waals surface area contributed by atoms with E-state index < -0.39 is 5.97 Å². The average Bonchev–Trinajstić information content (AvgIpc) is 2.34. The van der Waals surface area contributed by atoms with Gasteiger partial charge in [0, 0.05) is 16.5 Å². The summed E-state index contributed by atoms with van der Waals surface area (Å²) in [5, 5.41) is 8.81. The van der Waals surface area contributed by atoms with Gasteiger partial charge < -0.3 is 10.0 Å². The van der Waals surface area contributed by atoms with E-state index in [1.54, 1.807) is 37.7 Å². The highest BCUT2D eigenvalue weighted by Gasteiger charge is 2.20. The standard InChI is InChI=1S/C13H17NO3S/c1-9(2)14(8-12(15)16)13(17)10-4-6-11(18-3)7-5-10/h4-7,9H,8H2,1-3H3,(H,15,16). The Hall–Kier alpha value is -1.49. The van der Waals surface area contributed by atoms with Gasteiger partial charge in [-0.3, -0.25) is 9.59 Å². The van der Waals surface area contributed by atoms with E-state index in [9.17, 15) is 9.59 Å². The molecule has 1 aromatic rings. The minimum absolute atomic E-state index is 0.145. The Kier molecular flexibility index (Phi) is 5.22. The van der Waals surface area contributed by atoms with E-state index in [1.165, 1.54) is 4.90 Å². The molecule has 0 unspecified atom stereocenters. The molecule has 0 saturated heterocycles. The molecular formula is C13H17NO3S. The van der Waals surface area contributed by atoms with Crippen molar-refractivity contribution < 1.29 is 14.7 Å². The van der Waals surface area contributed by atoms with E-state index in [4.69, 9.17) is 5.11 Å². The zero-order valence-corrected chi connectivity index (χ0v) is 11.5. The molecule has 0 saturated carbocycles. The summed E-state index contributed by atoms with van der Waals surface area (Å²) in [6.07, 6.45) is 1.96. The smallest absolute Gasteiger partial charge is 0.323 e. The minimum atomic E-state index is -1.00. The third-order valence-corrected chi connectivity index (χ3v) is 3.27. The van der Waals surface area contributed by atoms with Crippen LogP contribution in [-0.2, 0) is 4.79 Å². The topological polar surface area (TPSA) is 57.6 Å². The van der Waals surface area contributed by atoms with Crippen LogP contribution in [0.15, 0.2) is 29.2 Å². The molecule has 0 bridgehead atoms. The number of carboxylic acid groups (broad SMARTS) is 1. The van der Waals surface area contributed by atoms with Crippen LogP contribution in [0.1, 0.15) is 24.2 Å². The molecule has 1 N–H and O–H groups in total. The number of aliphatic carboxylic acids is 1. The molecule has 1 amide bonds. The summed E-state index contributed by atoms with van der Waals surface area (Å²) in [4.78, 5) is 25.3. The van der Waals surface area contributed by atoms with Gasteiger partial charge in [0.1, 0.15) is 6.54 Å². The first kappa shape index (κ1) is 14.6. The molecular weight excluding hydrogens is 250 g/mol. The lowest BCUT2D eigenvalue weighted by molar-refractivity contribution is -0.138. The predicted molar refractivity (Wildman–Crippen MR) is 72.0 cm³/mol. The molecule has 5 heteroatoms. The van der Waals surface area contributed by atoms with E-state index in [0.717, 1.165) is 4.90 Å². The van der Waals surface area contributed by atoms with Crippen molar-refractivity contribution in [3.63, 3.8) is 0 Å². The molecule has 0 atom stereocenters. The number of carbonyl (C=O) groups excluding carboxylic acids is 1. The lowest BCUT2D eigenvalue weighted by Crippen LogP contribution is -2.40. The first-order valence-electron chi connectivity index (χ1n) is 5.62. The normalized spacial score (nSPS) is 10.4. The van der Waals surface area contributed by atoms with Gasteiger partial charge in [-0.1, -0.05) is 0 Å². The number of hydrogen-bond acceptors (Lipinski definition) is 3. The molecule has 0 aliphatic heterocycles. The van der Waals surface area contributed by atoms with Crippen LogP contribution < -0.4 is 0 Å². The zero-order valence-electron chi connectivity index (χ0n) is 10.7. The lowest BCUT2D eigenvalue weighted by Gasteiger charge is -2.24. The van der Waals surface area contributed by atoms with Crippen molar-refractivity contribution in [2.75, 3.05) is 12.8 Å². The molecule has 0 fully saturated rings. The van der Waals surface area contributed by atoms with Gasteiger partial charge in [0.25, 0.3) is 5.91 Å². The molecule has 0 aliphatic carbocycles. The number of amides is 1. The van der Waals surface area contributed by atoms with Gasteiger partial charge in [-0.05, 0) is 44.4 Å². The monoisotopic (exact) mass is 267 g/mol.